The number of hydrogen-bond acceptors (Lipinski definition) is 2. The lowest BCUT2D eigenvalue weighted by Crippen LogP contribution is -2.16. The Morgan fingerprint density at radius 1 is 1.13 bits per heavy atom. The summed E-state index contributed by atoms with van der Waals surface area (Å²) in [5.41, 5.74) is 5.09. The van der Waals surface area contributed by atoms with Crippen molar-refractivity contribution < 1.29 is 4.79 Å². The molecule has 1 unspecified atom stereocenters. The number of nitrogens with two attached hydrogens (primary N) is 1. The Labute approximate surface area is 99.4 Å². The largest absolute Gasteiger partial charge is 0.370 e. The van der Waals surface area contributed by atoms with E-state index in [1.165, 1.54) is 44.9 Å². The van der Waals surface area contributed by atoms with Gasteiger partial charge in [0.15, 0.2) is 0 Å². The van der Waals surface area contributed by atoms with Crippen LogP contribution in [-0.4, -0.2) is 11.2 Å². The average Bonchev–Trinajstić information content (AvgIpc) is 2.15. The van der Waals surface area contributed by atoms with Crippen LogP contribution in [0.15, 0.2) is 0 Å². The van der Waals surface area contributed by atoms with Crippen molar-refractivity contribution in [2.75, 3.05) is 0 Å². The fourth-order valence-electron chi connectivity index (χ4n) is 1.67. The van der Waals surface area contributed by atoms with Crippen LogP contribution in [0.5, 0.6) is 0 Å². The van der Waals surface area contributed by atoms with Crippen molar-refractivity contribution in [1.29, 1.82) is 0 Å². The zero-order valence-electron chi connectivity index (χ0n) is 9.87. The molecule has 2 nitrogen and oxygen atoms in total. The van der Waals surface area contributed by atoms with Gasteiger partial charge >= 0.3 is 0 Å². The van der Waals surface area contributed by atoms with E-state index in [1.807, 2.05) is 0 Å². The molecule has 0 aliphatic carbocycles. The molecule has 0 rings (SSSR count). The molecule has 0 aromatic rings. The highest BCUT2D eigenvalue weighted by atomic mass is 32.1. The summed E-state index contributed by atoms with van der Waals surface area (Å²) in [6.45, 7) is 2.23. The summed E-state index contributed by atoms with van der Waals surface area (Å²) in [5.74, 6) is -0.238. The van der Waals surface area contributed by atoms with Crippen molar-refractivity contribution in [1.82, 2.24) is 0 Å². The van der Waals surface area contributed by atoms with Crippen molar-refractivity contribution in [3.8, 4) is 0 Å². The first-order valence-electron chi connectivity index (χ1n) is 6.13. The maximum Gasteiger partial charge on any atom is 0.218 e. The van der Waals surface area contributed by atoms with Crippen LogP contribution in [0, 0.1) is 0 Å². The summed E-state index contributed by atoms with van der Waals surface area (Å²) in [5, 5.41) is 0.165. The average molecular weight is 231 g/mol. The first-order chi connectivity index (χ1) is 7.16. The third-order valence-electron chi connectivity index (χ3n) is 2.58. The fourth-order valence-corrected chi connectivity index (χ4v) is 2.03. The lowest BCUT2D eigenvalue weighted by Gasteiger charge is -2.07. The van der Waals surface area contributed by atoms with E-state index < -0.39 is 0 Å². The fraction of sp³-hybridized carbons (Fsp3) is 0.917. The van der Waals surface area contributed by atoms with E-state index in [1.54, 1.807) is 0 Å². The number of rotatable bonds is 10. The zero-order chi connectivity index (χ0) is 11.5. The highest BCUT2D eigenvalue weighted by molar-refractivity contribution is 7.81. The SMILES string of the molecule is CCCCCCCCCC(S)CC(N)=O. The number of carbonyl (C=O) groups is 1. The van der Waals surface area contributed by atoms with Gasteiger partial charge in [-0.15, -0.1) is 0 Å². The van der Waals surface area contributed by atoms with E-state index in [2.05, 4.69) is 19.6 Å². The number of carbonyl (C=O) groups excluding carboxylic acids is 1. The molecule has 0 bridgehead atoms. The summed E-state index contributed by atoms with van der Waals surface area (Å²) < 4.78 is 0. The molecule has 1 amide bonds. The highest BCUT2D eigenvalue weighted by Crippen LogP contribution is 2.13. The van der Waals surface area contributed by atoms with E-state index in [0.717, 1.165) is 6.42 Å². The molecular weight excluding hydrogens is 206 g/mol. The van der Waals surface area contributed by atoms with Gasteiger partial charge in [-0.05, 0) is 6.42 Å². The topological polar surface area (TPSA) is 43.1 Å². The Morgan fingerprint density at radius 3 is 2.20 bits per heavy atom. The van der Waals surface area contributed by atoms with Gasteiger partial charge in [0.2, 0.25) is 5.91 Å². The predicted octanol–water partition coefficient (Wildman–Crippen LogP) is 3.30. The summed E-state index contributed by atoms with van der Waals surface area (Å²) in [7, 11) is 0. The number of amides is 1. The van der Waals surface area contributed by atoms with Crippen LogP contribution in [0.4, 0.5) is 0 Å². The highest BCUT2D eigenvalue weighted by Gasteiger charge is 2.05. The standard InChI is InChI=1S/C12H25NOS/c1-2-3-4-5-6-7-8-9-11(15)10-12(13)14/h11,15H,2-10H2,1H3,(H2,13,14). The molecule has 0 aliphatic rings. The van der Waals surface area contributed by atoms with E-state index in [0.29, 0.717) is 6.42 Å². The second-order valence-electron chi connectivity index (χ2n) is 4.23. The Morgan fingerprint density at radius 2 is 1.67 bits per heavy atom. The third kappa shape index (κ3) is 11.7. The zero-order valence-corrected chi connectivity index (χ0v) is 10.8. The molecule has 0 aromatic carbocycles. The van der Waals surface area contributed by atoms with Crippen LogP contribution >= 0.6 is 12.6 Å². The number of primary amides is 1. The Kier molecular flexibility index (Phi) is 10.2. The van der Waals surface area contributed by atoms with Crippen LogP contribution in [0.3, 0.4) is 0 Å². The minimum absolute atomic E-state index is 0.165. The molecule has 3 heteroatoms. The first-order valence-corrected chi connectivity index (χ1v) is 6.64. The molecule has 0 aliphatic heterocycles. The van der Waals surface area contributed by atoms with Gasteiger partial charge in [0, 0.05) is 11.7 Å². The third-order valence-corrected chi connectivity index (χ3v) is 3.02. The van der Waals surface area contributed by atoms with E-state index in [9.17, 15) is 4.79 Å². The smallest absolute Gasteiger partial charge is 0.218 e. The summed E-state index contributed by atoms with van der Waals surface area (Å²) in [6.07, 6.45) is 10.6. The van der Waals surface area contributed by atoms with Crippen LogP contribution in [0.25, 0.3) is 0 Å². The van der Waals surface area contributed by atoms with Crippen LogP contribution in [-0.2, 0) is 4.79 Å². The normalized spacial score (nSPS) is 12.7. The molecule has 15 heavy (non-hydrogen) atoms. The van der Waals surface area contributed by atoms with E-state index in [-0.39, 0.29) is 11.2 Å². The minimum Gasteiger partial charge on any atom is -0.370 e. The molecule has 90 valence electrons. The van der Waals surface area contributed by atoms with Gasteiger partial charge in [-0.2, -0.15) is 12.6 Å². The predicted molar refractivity (Wildman–Crippen MR) is 69.2 cm³/mol. The molecule has 0 aromatic heterocycles. The van der Waals surface area contributed by atoms with Crippen molar-refractivity contribution in [2.45, 2.75) is 70.0 Å². The maximum atomic E-state index is 10.6. The molecule has 0 fully saturated rings. The summed E-state index contributed by atoms with van der Waals surface area (Å²) >= 11 is 4.33. The number of hydrogen-bond donors (Lipinski definition) is 2. The molecule has 0 saturated carbocycles. The molecule has 0 saturated heterocycles. The van der Waals surface area contributed by atoms with Gasteiger partial charge in [0.05, 0.1) is 0 Å². The van der Waals surface area contributed by atoms with Gasteiger partial charge < -0.3 is 5.73 Å². The molecular formula is C12H25NOS. The lowest BCUT2D eigenvalue weighted by atomic mass is 10.1. The molecule has 0 heterocycles. The van der Waals surface area contributed by atoms with E-state index >= 15 is 0 Å². The van der Waals surface area contributed by atoms with Gasteiger partial charge in [0.1, 0.15) is 0 Å². The van der Waals surface area contributed by atoms with Gasteiger partial charge in [-0.25, -0.2) is 0 Å². The van der Waals surface area contributed by atoms with Crippen LogP contribution in [0.2, 0.25) is 0 Å². The van der Waals surface area contributed by atoms with Gasteiger partial charge in [0.25, 0.3) is 0 Å². The van der Waals surface area contributed by atoms with Gasteiger partial charge in [-0.1, -0.05) is 51.9 Å². The monoisotopic (exact) mass is 231 g/mol. The number of unbranched alkanes of at least 4 members (excludes halogenated alkanes) is 6. The van der Waals surface area contributed by atoms with Crippen molar-refractivity contribution in [2.24, 2.45) is 5.73 Å². The quantitative estimate of drug-likeness (QED) is 0.440. The maximum absolute atomic E-state index is 10.6. The Balaban J connectivity index is 3.13. The first kappa shape index (κ1) is 14.8. The Hall–Kier alpha value is -0.180. The summed E-state index contributed by atoms with van der Waals surface area (Å²) in [4.78, 5) is 10.6. The molecule has 0 radical (unpaired) electrons. The van der Waals surface area contributed by atoms with Gasteiger partial charge in [-0.3, -0.25) is 4.79 Å². The number of thiol groups is 1. The van der Waals surface area contributed by atoms with Crippen LogP contribution < -0.4 is 5.73 Å². The molecule has 2 N–H and O–H groups in total. The van der Waals surface area contributed by atoms with Crippen molar-refractivity contribution in [3.63, 3.8) is 0 Å². The van der Waals surface area contributed by atoms with Crippen molar-refractivity contribution in [3.05, 3.63) is 0 Å². The van der Waals surface area contributed by atoms with E-state index in [4.69, 9.17) is 5.73 Å². The van der Waals surface area contributed by atoms with Crippen LogP contribution in [0.1, 0.15) is 64.7 Å². The Bertz CT molecular complexity index is 162. The molecule has 0 spiro atoms. The molecule has 1 atom stereocenters. The second-order valence-corrected chi connectivity index (χ2v) is 4.96. The minimum atomic E-state index is -0.238. The van der Waals surface area contributed by atoms with Crippen molar-refractivity contribution >= 4 is 18.5 Å². The summed E-state index contributed by atoms with van der Waals surface area (Å²) in [6, 6.07) is 0. The second kappa shape index (κ2) is 10.3. The lowest BCUT2D eigenvalue weighted by molar-refractivity contribution is -0.118.